The van der Waals surface area contributed by atoms with Crippen LogP contribution in [0.4, 0.5) is 9.80 Å². The average Bonchev–Trinajstić information content (AvgIpc) is 3.47. The fraction of sp³-hybridized carbons (Fsp3) is 0.444. The van der Waals surface area contributed by atoms with Crippen LogP contribution in [0.1, 0.15) is 62.4 Å². The van der Waals surface area contributed by atoms with Crippen molar-refractivity contribution in [1.29, 1.82) is 0 Å². The Balaban J connectivity index is 1.73. The molecule has 1 atom stereocenters. The van der Waals surface area contributed by atoms with E-state index in [9.17, 15) is 19.5 Å². The topological polar surface area (TPSA) is 148 Å². The second-order valence-electron chi connectivity index (χ2n) is 10.1. The van der Waals surface area contributed by atoms with Crippen LogP contribution in [0.3, 0.4) is 0 Å². The zero-order valence-corrected chi connectivity index (χ0v) is 22.3. The Morgan fingerprint density at radius 2 is 1.84 bits per heavy atom. The molecule has 0 bridgehead atoms. The molecule has 1 unspecified atom stereocenters. The van der Waals surface area contributed by atoms with Crippen LogP contribution in [-0.4, -0.2) is 58.8 Å². The van der Waals surface area contributed by atoms with Crippen molar-refractivity contribution in [2.75, 3.05) is 18.5 Å². The lowest BCUT2D eigenvalue weighted by Gasteiger charge is -2.34. The molecule has 3 amide bonds. The summed E-state index contributed by atoms with van der Waals surface area (Å²) in [7, 11) is 0. The van der Waals surface area contributed by atoms with Crippen LogP contribution in [0.5, 0.6) is 0 Å². The molecule has 0 spiro atoms. The molecule has 1 aromatic carbocycles. The van der Waals surface area contributed by atoms with E-state index in [-0.39, 0.29) is 18.2 Å². The van der Waals surface area contributed by atoms with Gasteiger partial charge in [-0.1, -0.05) is 49.3 Å². The van der Waals surface area contributed by atoms with Crippen LogP contribution in [0, 0.1) is 0 Å². The van der Waals surface area contributed by atoms with E-state index in [1.165, 1.54) is 11.3 Å². The number of carboxylic acids is 1. The van der Waals surface area contributed by atoms with Gasteiger partial charge >= 0.3 is 12.0 Å². The lowest BCUT2D eigenvalue weighted by atomic mass is 10.1. The smallest absolute Gasteiger partial charge is 0.323 e. The second-order valence-corrected chi connectivity index (χ2v) is 11.2. The first-order valence-electron chi connectivity index (χ1n) is 12.3. The molecule has 6 N–H and O–H groups in total. The van der Waals surface area contributed by atoms with Gasteiger partial charge in [0.1, 0.15) is 11.0 Å². The van der Waals surface area contributed by atoms with Gasteiger partial charge in [-0.05, 0) is 50.8 Å². The van der Waals surface area contributed by atoms with Crippen LogP contribution < -0.4 is 16.8 Å². The van der Waals surface area contributed by atoms with Gasteiger partial charge in [0.05, 0.1) is 17.8 Å². The number of nitrogens with one attached hydrogen (secondary N) is 1. The minimum absolute atomic E-state index is 0.137. The molecule has 0 aliphatic heterocycles. The van der Waals surface area contributed by atoms with Crippen LogP contribution in [0.2, 0.25) is 0 Å². The number of hydrogen-bond donors (Lipinski definition) is 4. The quantitative estimate of drug-likeness (QED) is 0.337. The minimum atomic E-state index is -0.870. The largest absolute Gasteiger partial charge is 0.480 e. The molecule has 37 heavy (non-hydrogen) atoms. The van der Waals surface area contributed by atoms with Crippen molar-refractivity contribution in [3.05, 3.63) is 47.5 Å². The van der Waals surface area contributed by atoms with Gasteiger partial charge in [0.25, 0.3) is 5.91 Å². The van der Waals surface area contributed by atoms with Gasteiger partial charge in [-0.2, -0.15) is 0 Å². The van der Waals surface area contributed by atoms with Crippen molar-refractivity contribution in [2.45, 2.75) is 64.1 Å². The predicted octanol–water partition coefficient (Wildman–Crippen LogP) is 4.53. The number of nitrogens with zero attached hydrogens (tertiary/aromatic N) is 1. The number of rotatable bonds is 11. The molecule has 0 saturated heterocycles. The predicted molar refractivity (Wildman–Crippen MR) is 147 cm³/mol. The summed E-state index contributed by atoms with van der Waals surface area (Å²) >= 11 is 1.22. The number of carbonyl (C=O) groups is 3. The summed E-state index contributed by atoms with van der Waals surface area (Å²) in [6, 6.07) is 8.08. The lowest BCUT2D eigenvalue weighted by Crippen LogP contribution is -2.50. The third kappa shape index (κ3) is 8.14. The van der Waals surface area contributed by atoms with Crippen LogP contribution in [0.25, 0.3) is 16.5 Å². The van der Waals surface area contributed by atoms with Crippen molar-refractivity contribution in [3.63, 3.8) is 0 Å². The number of thiophene rings is 1. The molecule has 10 heteroatoms. The van der Waals surface area contributed by atoms with Crippen molar-refractivity contribution in [2.24, 2.45) is 11.5 Å². The van der Waals surface area contributed by atoms with E-state index in [2.05, 4.69) is 10.2 Å². The monoisotopic (exact) mass is 528 g/mol. The number of urea groups is 1. The van der Waals surface area contributed by atoms with Gasteiger partial charge in [0.15, 0.2) is 0 Å². The zero-order valence-electron chi connectivity index (χ0n) is 21.5. The normalized spacial score (nSPS) is 15.4. The zero-order chi connectivity index (χ0) is 27.2. The third-order valence-corrected chi connectivity index (χ3v) is 7.31. The summed E-state index contributed by atoms with van der Waals surface area (Å²) < 4.78 is 5.85. The second kappa shape index (κ2) is 12.4. The molecule has 1 aliphatic carbocycles. The Morgan fingerprint density at radius 1 is 1.19 bits per heavy atom. The summed E-state index contributed by atoms with van der Waals surface area (Å²) in [5.74, 6) is -1.52. The number of primary amides is 2. The molecule has 2 aromatic rings. The molecule has 1 aromatic heterocycles. The molecule has 0 radical (unpaired) electrons. The van der Waals surface area contributed by atoms with E-state index in [1.54, 1.807) is 6.07 Å². The first-order valence-corrected chi connectivity index (χ1v) is 13.2. The van der Waals surface area contributed by atoms with Gasteiger partial charge in [-0.3, -0.25) is 19.8 Å². The Labute approximate surface area is 221 Å². The van der Waals surface area contributed by atoms with Crippen LogP contribution in [0.15, 0.2) is 36.4 Å². The first kappa shape index (κ1) is 28.4. The molecule has 9 nitrogen and oxygen atoms in total. The fourth-order valence-electron chi connectivity index (χ4n) is 4.39. The number of carboxylic acid groups (broad SMARTS) is 1. The number of ether oxygens (including phenoxy) is 1. The minimum Gasteiger partial charge on any atom is -0.480 e. The standard InChI is InChI=1S/C27H36N4O5S/c1-27(2,3)36-16-21(25(33)34)31(19-8-4-5-9-19)14-6-7-17-10-12-18(13-11-17)22-15-20(23(28)32)24(37-22)30-26(29)35/h6-7,10-13,15,19,21H,4-5,8-9,14,16H2,1-3H3,(H2,28,32)(H,33,34)(H3,29,30,35). The number of aliphatic carboxylic acids is 1. The molecule has 1 aliphatic rings. The maximum Gasteiger partial charge on any atom is 0.323 e. The van der Waals surface area contributed by atoms with E-state index >= 15 is 0 Å². The van der Waals surface area contributed by atoms with E-state index in [4.69, 9.17) is 16.2 Å². The van der Waals surface area contributed by atoms with E-state index in [0.717, 1.165) is 41.7 Å². The van der Waals surface area contributed by atoms with Crippen LogP contribution >= 0.6 is 11.3 Å². The maximum absolute atomic E-state index is 12.1. The molecule has 3 rings (SSSR count). The number of carbonyl (C=O) groups excluding carboxylic acids is 2. The highest BCUT2D eigenvalue weighted by Crippen LogP contribution is 2.35. The third-order valence-electron chi connectivity index (χ3n) is 6.21. The van der Waals surface area contributed by atoms with Gasteiger partial charge in [-0.25, -0.2) is 4.79 Å². The van der Waals surface area contributed by atoms with Gasteiger partial charge < -0.3 is 21.3 Å². The number of nitrogens with two attached hydrogens (primary N) is 2. The molecule has 200 valence electrons. The van der Waals surface area contributed by atoms with E-state index < -0.39 is 29.6 Å². The van der Waals surface area contributed by atoms with Crippen molar-refractivity contribution in [1.82, 2.24) is 4.90 Å². The van der Waals surface area contributed by atoms with Crippen molar-refractivity contribution in [3.8, 4) is 10.4 Å². The molecule has 1 heterocycles. The molecule has 1 fully saturated rings. The van der Waals surface area contributed by atoms with Gasteiger partial charge in [0.2, 0.25) is 0 Å². The highest BCUT2D eigenvalue weighted by molar-refractivity contribution is 7.20. The van der Waals surface area contributed by atoms with Crippen molar-refractivity contribution >= 4 is 40.3 Å². The number of anilines is 1. The summed E-state index contributed by atoms with van der Waals surface area (Å²) in [6.45, 7) is 6.42. The molecular formula is C27H36N4O5S. The first-order chi connectivity index (χ1) is 17.4. The Morgan fingerprint density at radius 3 is 2.38 bits per heavy atom. The number of benzene rings is 1. The Kier molecular flexibility index (Phi) is 9.47. The Hall–Kier alpha value is -3.21. The average molecular weight is 529 g/mol. The summed E-state index contributed by atoms with van der Waals surface area (Å²) in [5.41, 5.74) is 12.2. The van der Waals surface area contributed by atoms with Crippen molar-refractivity contribution < 1.29 is 24.2 Å². The summed E-state index contributed by atoms with van der Waals surface area (Å²) in [5, 5.41) is 12.7. The molecular weight excluding hydrogens is 492 g/mol. The highest BCUT2D eigenvalue weighted by atomic mass is 32.1. The number of amides is 3. The Bertz CT molecular complexity index is 1130. The van der Waals surface area contributed by atoms with E-state index in [1.807, 2.05) is 57.2 Å². The van der Waals surface area contributed by atoms with Gasteiger partial charge in [0, 0.05) is 17.5 Å². The maximum atomic E-state index is 12.1. The van der Waals surface area contributed by atoms with E-state index in [0.29, 0.717) is 11.5 Å². The summed E-state index contributed by atoms with van der Waals surface area (Å²) in [4.78, 5) is 37.9. The molecule has 1 saturated carbocycles. The fourth-order valence-corrected chi connectivity index (χ4v) is 5.47. The van der Waals surface area contributed by atoms with Crippen LogP contribution in [-0.2, 0) is 9.53 Å². The van der Waals surface area contributed by atoms with Gasteiger partial charge in [-0.15, -0.1) is 11.3 Å². The summed E-state index contributed by atoms with van der Waals surface area (Å²) in [6.07, 6.45) is 8.15. The lowest BCUT2D eigenvalue weighted by molar-refractivity contribution is -0.149. The SMILES string of the molecule is CC(C)(C)OCC(C(=O)O)N(CC=Cc1ccc(-c2cc(C(N)=O)c(NC(N)=O)s2)cc1)C1CCCC1. The highest BCUT2D eigenvalue weighted by Gasteiger charge is 2.33. The number of hydrogen-bond acceptors (Lipinski definition) is 6.